The Balaban J connectivity index is 1.60. The van der Waals surface area contributed by atoms with Crippen molar-refractivity contribution in [2.75, 3.05) is 11.6 Å². The molecule has 3 heterocycles. The summed E-state index contributed by atoms with van der Waals surface area (Å²) in [5, 5.41) is 4.65. The third-order valence-electron chi connectivity index (χ3n) is 7.16. The predicted molar refractivity (Wildman–Crippen MR) is 159 cm³/mol. The van der Waals surface area contributed by atoms with E-state index in [0.29, 0.717) is 44.4 Å². The second kappa shape index (κ2) is 10.8. The summed E-state index contributed by atoms with van der Waals surface area (Å²) in [6.07, 6.45) is 6.29. The van der Waals surface area contributed by atoms with E-state index in [1.807, 2.05) is 32.0 Å². The zero-order valence-electron chi connectivity index (χ0n) is 23.5. The van der Waals surface area contributed by atoms with E-state index in [4.69, 9.17) is 0 Å². The Bertz CT molecular complexity index is 1970. The molecule has 41 heavy (non-hydrogen) atoms. The number of pyridine rings is 1. The first-order valence-electron chi connectivity index (χ1n) is 12.9. The van der Waals surface area contributed by atoms with Crippen LogP contribution in [0.5, 0.6) is 0 Å². The number of aromatic nitrogens is 5. The molecule has 0 aliphatic heterocycles. The standard InChI is InChI=1S/C30H29FN6O3S/c1-16-9-21(17(2)35-24-8-7-20(31)11-27(24)41(6)40)22-12-25(36(4)30(39)23(22)10-16)19-13-33-28(34-14-19)26-15-32-18(3)29(38)37(26)5/h7-15,17,35H,1-6H3/t17-,41?/m1/s1. The first-order valence-corrected chi connectivity index (χ1v) is 14.4. The maximum absolute atomic E-state index is 13.9. The lowest BCUT2D eigenvalue weighted by molar-refractivity contribution is 0.622. The van der Waals surface area contributed by atoms with Crippen LogP contribution in [-0.2, 0) is 24.9 Å². The molecule has 0 radical (unpaired) electrons. The number of rotatable bonds is 6. The van der Waals surface area contributed by atoms with Gasteiger partial charge in [0.25, 0.3) is 11.1 Å². The summed E-state index contributed by atoms with van der Waals surface area (Å²) < 4.78 is 29.2. The van der Waals surface area contributed by atoms with Gasteiger partial charge >= 0.3 is 0 Å². The number of fused-ring (bicyclic) bond motifs is 1. The van der Waals surface area contributed by atoms with Crippen molar-refractivity contribution in [1.29, 1.82) is 0 Å². The zero-order chi connectivity index (χ0) is 29.6. The van der Waals surface area contributed by atoms with E-state index in [1.54, 1.807) is 50.2 Å². The summed E-state index contributed by atoms with van der Waals surface area (Å²) >= 11 is 0. The van der Waals surface area contributed by atoms with Crippen LogP contribution in [0, 0.1) is 19.7 Å². The van der Waals surface area contributed by atoms with Gasteiger partial charge in [-0.3, -0.25) is 18.8 Å². The molecule has 5 aromatic rings. The SMILES string of the molecule is Cc1cc([C@@H](C)Nc2ccc(F)cc2S(C)=O)c2cc(-c3cnc(-c4cnc(C)c(=O)n4C)nc3)n(C)c(=O)c2c1. The maximum atomic E-state index is 13.9. The van der Waals surface area contributed by atoms with Crippen LogP contribution in [0.1, 0.15) is 29.8 Å². The van der Waals surface area contributed by atoms with Crippen molar-refractivity contribution < 1.29 is 8.60 Å². The molecule has 9 nitrogen and oxygen atoms in total. The number of hydrogen-bond acceptors (Lipinski definition) is 7. The number of benzene rings is 2. The van der Waals surface area contributed by atoms with Crippen LogP contribution < -0.4 is 16.4 Å². The van der Waals surface area contributed by atoms with Crippen molar-refractivity contribution in [3.8, 4) is 22.8 Å². The van der Waals surface area contributed by atoms with Crippen LogP contribution >= 0.6 is 0 Å². The van der Waals surface area contributed by atoms with Crippen molar-refractivity contribution in [2.45, 2.75) is 31.7 Å². The Labute approximate surface area is 238 Å². The smallest absolute Gasteiger partial charge is 0.272 e. The second-order valence-electron chi connectivity index (χ2n) is 10.1. The van der Waals surface area contributed by atoms with E-state index < -0.39 is 16.6 Å². The van der Waals surface area contributed by atoms with Crippen molar-refractivity contribution in [1.82, 2.24) is 24.1 Å². The van der Waals surface area contributed by atoms with E-state index in [0.717, 1.165) is 16.5 Å². The lowest BCUT2D eigenvalue weighted by Crippen LogP contribution is -2.22. The van der Waals surface area contributed by atoms with Gasteiger partial charge in [0.15, 0.2) is 5.82 Å². The molecule has 1 N–H and O–H groups in total. The van der Waals surface area contributed by atoms with E-state index in [9.17, 15) is 18.2 Å². The van der Waals surface area contributed by atoms with Gasteiger partial charge in [-0.25, -0.2) is 14.4 Å². The molecule has 3 aromatic heterocycles. The van der Waals surface area contributed by atoms with Gasteiger partial charge in [-0.1, -0.05) is 6.07 Å². The molecule has 11 heteroatoms. The predicted octanol–water partition coefficient (Wildman–Crippen LogP) is 4.42. The third kappa shape index (κ3) is 5.20. The van der Waals surface area contributed by atoms with E-state index in [2.05, 4.69) is 20.3 Å². The molecule has 5 rings (SSSR count). The highest BCUT2D eigenvalue weighted by Gasteiger charge is 2.18. The van der Waals surface area contributed by atoms with Crippen LogP contribution in [0.15, 0.2) is 69.5 Å². The summed E-state index contributed by atoms with van der Waals surface area (Å²) in [6.45, 7) is 5.51. The van der Waals surface area contributed by atoms with Gasteiger partial charge in [-0.05, 0) is 67.6 Å². The summed E-state index contributed by atoms with van der Waals surface area (Å²) in [7, 11) is 1.94. The van der Waals surface area contributed by atoms with Crippen LogP contribution in [0.2, 0.25) is 0 Å². The fourth-order valence-electron chi connectivity index (χ4n) is 4.94. The van der Waals surface area contributed by atoms with Crippen LogP contribution in [0.4, 0.5) is 10.1 Å². The summed E-state index contributed by atoms with van der Waals surface area (Å²) in [6, 6.07) is 9.63. The van der Waals surface area contributed by atoms with Gasteiger partial charge in [-0.2, -0.15) is 0 Å². The molecule has 0 bridgehead atoms. The lowest BCUT2D eigenvalue weighted by atomic mass is 9.96. The molecular weight excluding hydrogens is 543 g/mol. The van der Waals surface area contributed by atoms with Gasteiger partial charge in [0.05, 0.1) is 33.3 Å². The molecule has 0 saturated carbocycles. The van der Waals surface area contributed by atoms with Gasteiger partial charge in [0.2, 0.25) is 0 Å². The molecular formula is C30H29FN6O3S. The van der Waals surface area contributed by atoms with Crippen LogP contribution in [0.25, 0.3) is 33.5 Å². The number of nitrogens with zero attached hydrogens (tertiary/aromatic N) is 5. The average molecular weight is 573 g/mol. The topological polar surface area (TPSA) is 112 Å². The normalized spacial score (nSPS) is 12.9. The molecule has 0 amide bonds. The lowest BCUT2D eigenvalue weighted by Gasteiger charge is -2.21. The highest BCUT2D eigenvalue weighted by molar-refractivity contribution is 7.84. The van der Waals surface area contributed by atoms with Crippen LogP contribution in [0.3, 0.4) is 0 Å². The summed E-state index contributed by atoms with van der Waals surface area (Å²) in [4.78, 5) is 39.3. The second-order valence-corrected chi connectivity index (χ2v) is 11.4. The van der Waals surface area contributed by atoms with Crippen molar-refractivity contribution in [3.63, 3.8) is 0 Å². The molecule has 0 fully saturated rings. The van der Waals surface area contributed by atoms with Crippen molar-refractivity contribution in [3.05, 3.63) is 98.3 Å². The molecule has 2 aromatic carbocycles. The minimum atomic E-state index is -1.40. The molecule has 0 aliphatic carbocycles. The quantitative estimate of drug-likeness (QED) is 0.321. The molecule has 1 unspecified atom stereocenters. The van der Waals surface area contributed by atoms with Gasteiger partial charge in [-0.15, -0.1) is 0 Å². The highest BCUT2D eigenvalue weighted by atomic mass is 32.2. The number of aryl methyl sites for hydroxylation is 2. The van der Waals surface area contributed by atoms with Crippen LogP contribution in [-0.4, -0.2) is 34.6 Å². The minimum Gasteiger partial charge on any atom is -0.378 e. The molecule has 0 saturated heterocycles. The monoisotopic (exact) mass is 572 g/mol. The fourth-order valence-corrected chi connectivity index (χ4v) is 5.65. The molecule has 2 atom stereocenters. The van der Waals surface area contributed by atoms with E-state index in [1.165, 1.54) is 23.0 Å². The average Bonchev–Trinajstić information content (AvgIpc) is 2.94. The summed E-state index contributed by atoms with van der Waals surface area (Å²) in [5.41, 5.74) is 4.01. The van der Waals surface area contributed by atoms with E-state index in [-0.39, 0.29) is 17.2 Å². The number of hydrogen-bond donors (Lipinski definition) is 1. The van der Waals surface area contributed by atoms with Crippen molar-refractivity contribution >= 4 is 27.3 Å². The molecule has 0 spiro atoms. The number of nitrogens with one attached hydrogen (secondary N) is 1. The highest BCUT2D eigenvalue weighted by Crippen LogP contribution is 2.32. The molecule has 210 valence electrons. The first kappa shape index (κ1) is 28.0. The van der Waals surface area contributed by atoms with Gasteiger partial charge in [0.1, 0.15) is 17.2 Å². The van der Waals surface area contributed by atoms with Gasteiger partial charge < -0.3 is 14.5 Å². The third-order valence-corrected chi connectivity index (χ3v) is 8.12. The largest absolute Gasteiger partial charge is 0.378 e. The minimum absolute atomic E-state index is 0.180. The Morgan fingerprint density at radius 3 is 2.24 bits per heavy atom. The number of halogens is 1. The Hall–Kier alpha value is -4.51. The Kier molecular flexibility index (Phi) is 7.39. The Morgan fingerprint density at radius 1 is 0.878 bits per heavy atom. The first-order chi connectivity index (χ1) is 19.5. The zero-order valence-corrected chi connectivity index (χ0v) is 24.3. The Morgan fingerprint density at radius 2 is 1.56 bits per heavy atom. The van der Waals surface area contributed by atoms with Gasteiger partial charge in [0, 0.05) is 49.7 Å². The maximum Gasteiger partial charge on any atom is 0.272 e. The summed E-state index contributed by atoms with van der Waals surface area (Å²) in [5.74, 6) is -0.124. The van der Waals surface area contributed by atoms with Crippen molar-refractivity contribution in [2.24, 2.45) is 14.1 Å². The van der Waals surface area contributed by atoms with E-state index >= 15 is 0 Å². The fraction of sp³-hybridized carbons (Fsp3) is 0.233. The molecule has 0 aliphatic rings. The number of anilines is 1.